The first-order chi connectivity index (χ1) is 11.6. The van der Waals surface area contributed by atoms with Gasteiger partial charge in [-0.05, 0) is 74.3 Å². The van der Waals surface area contributed by atoms with E-state index in [0.717, 1.165) is 50.7 Å². The van der Waals surface area contributed by atoms with E-state index in [1.54, 1.807) is 0 Å². The van der Waals surface area contributed by atoms with Gasteiger partial charge in [0, 0.05) is 43.5 Å². The molecule has 0 spiro atoms. The Morgan fingerprint density at radius 2 is 2.00 bits per heavy atom. The Labute approximate surface area is 150 Å². The summed E-state index contributed by atoms with van der Waals surface area (Å²) in [5.74, 6) is 2.65. The lowest BCUT2D eigenvalue weighted by molar-refractivity contribution is -0.136. The normalized spacial score (nSPS) is 33.1. The summed E-state index contributed by atoms with van der Waals surface area (Å²) in [4.78, 5) is 18.9. The highest BCUT2D eigenvalue weighted by Gasteiger charge is 2.41. The molecule has 1 aromatic rings. The molecule has 0 radical (unpaired) electrons. The number of nitrogens with zero attached hydrogens (tertiary/aromatic N) is 2. The minimum absolute atomic E-state index is 0.302. The molecule has 4 rings (SSSR count). The van der Waals surface area contributed by atoms with Crippen molar-refractivity contribution < 1.29 is 4.79 Å². The van der Waals surface area contributed by atoms with Crippen molar-refractivity contribution in [2.75, 3.05) is 20.1 Å². The first kappa shape index (κ1) is 16.6. The molecule has 0 bridgehead atoms. The van der Waals surface area contributed by atoms with Crippen LogP contribution < -0.4 is 0 Å². The van der Waals surface area contributed by atoms with Crippen LogP contribution in [0.25, 0.3) is 0 Å². The van der Waals surface area contributed by atoms with Gasteiger partial charge < -0.3 is 4.90 Å². The molecule has 1 saturated heterocycles. The molecule has 1 aliphatic heterocycles. The zero-order chi connectivity index (χ0) is 16.7. The van der Waals surface area contributed by atoms with E-state index in [2.05, 4.69) is 35.2 Å². The second kappa shape index (κ2) is 6.80. The van der Waals surface area contributed by atoms with Crippen LogP contribution in [0.15, 0.2) is 11.4 Å². The molecule has 2 unspecified atom stereocenters. The number of aryl methyl sites for hydroxylation is 1. The van der Waals surface area contributed by atoms with Gasteiger partial charge in [0.05, 0.1) is 0 Å². The van der Waals surface area contributed by atoms with Crippen molar-refractivity contribution >= 4 is 17.2 Å². The molecule has 1 amide bonds. The highest BCUT2D eigenvalue weighted by atomic mass is 32.1. The number of hydrogen-bond acceptors (Lipinski definition) is 3. The van der Waals surface area contributed by atoms with E-state index in [0.29, 0.717) is 17.9 Å². The van der Waals surface area contributed by atoms with Crippen molar-refractivity contribution in [3.63, 3.8) is 0 Å². The standard InChI is InChI=1S/C20H30N2OS/c1-14-9-15(13-24-14)11-22-8-7-19(12-22)21(2)20(23)16-3-5-17-10-18(17)6-4-16/h9,13,16-19H,3-8,10-12H2,1-2H3/t16?,17-,18+,19?. The molecular weight excluding hydrogens is 316 g/mol. The average Bonchev–Trinajstić information content (AvgIpc) is 3.02. The van der Waals surface area contributed by atoms with Gasteiger partial charge in [0.1, 0.15) is 0 Å². The predicted octanol–water partition coefficient (Wildman–Crippen LogP) is 3.92. The molecule has 1 aromatic heterocycles. The molecule has 24 heavy (non-hydrogen) atoms. The fourth-order valence-electron chi connectivity index (χ4n) is 4.82. The van der Waals surface area contributed by atoms with E-state index in [1.807, 2.05) is 11.3 Å². The highest BCUT2D eigenvalue weighted by molar-refractivity contribution is 7.10. The largest absolute Gasteiger partial charge is 0.341 e. The first-order valence-corrected chi connectivity index (χ1v) is 10.5. The Balaban J connectivity index is 1.29. The maximum atomic E-state index is 12.9. The molecule has 0 aromatic carbocycles. The number of amides is 1. The molecule has 3 aliphatic rings. The van der Waals surface area contributed by atoms with Crippen molar-refractivity contribution in [3.05, 3.63) is 21.9 Å². The lowest BCUT2D eigenvalue weighted by Crippen LogP contribution is -2.42. The second-order valence-electron chi connectivity index (χ2n) is 8.30. The van der Waals surface area contributed by atoms with E-state index in [9.17, 15) is 4.79 Å². The summed E-state index contributed by atoms with van der Waals surface area (Å²) in [7, 11) is 2.05. The molecule has 3 nitrogen and oxygen atoms in total. The Kier molecular flexibility index (Phi) is 4.70. The van der Waals surface area contributed by atoms with E-state index < -0.39 is 0 Å². The Morgan fingerprint density at radius 1 is 1.25 bits per heavy atom. The minimum atomic E-state index is 0.302. The average molecular weight is 347 g/mol. The number of carbonyl (C=O) groups is 1. The molecule has 4 heteroatoms. The predicted molar refractivity (Wildman–Crippen MR) is 99.1 cm³/mol. The summed E-state index contributed by atoms with van der Waals surface area (Å²) in [5, 5.41) is 2.27. The third-order valence-electron chi connectivity index (χ3n) is 6.52. The zero-order valence-electron chi connectivity index (χ0n) is 15.0. The van der Waals surface area contributed by atoms with Gasteiger partial charge in [0.25, 0.3) is 0 Å². The summed E-state index contributed by atoms with van der Waals surface area (Å²) >= 11 is 1.83. The van der Waals surface area contributed by atoms with Gasteiger partial charge in [0.15, 0.2) is 0 Å². The quantitative estimate of drug-likeness (QED) is 0.825. The van der Waals surface area contributed by atoms with Gasteiger partial charge in [-0.3, -0.25) is 9.69 Å². The summed E-state index contributed by atoms with van der Waals surface area (Å²) in [6.07, 6.45) is 7.43. The van der Waals surface area contributed by atoms with Crippen molar-refractivity contribution in [1.82, 2.24) is 9.80 Å². The van der Waals surface area contributed by atoms with Gasteiger partial charge in [-0.1, -0.05) is 0 Å². The number of rotatable bonds is 4. The van der Waals surface area contributed by atoms with Crippen molar-refractivity contribution in [1.29, 1.82) is 0 Å². The Morgan fingerprint density at radius 3 is 2.67 bits per heavy atom. The monoisotopic (exact) mass is 346 g/mol. The fourth-order valence-corrected chi connectivity index (χ4v) is 5.52. The summed E-state index contributed by atoms with van der Waals surface area (Å²) in [6, 6.07) is 2.71. The van der Waals surface area contributed by atoms with Crippen LogP contribution in [0.5, 0.6) is 0 Å². The Hall–Kier alpha value is -0.870. The third kappa shape index (κ3) is 3.55. The van der Waals surface area contributed by atoms with Crippen LogP contribution in [0.2, 0.25) is 0 Å². The molecular formula is C20H30N2OS. The summed E-state index contributed by atoms with van der Waals surface area (Å²) in [5.41, 5.74) is 1.43. The Bertz CT molecular complexity index is 586. The number of fused-ring (bicyclic) bond motifs is 1. The smallest absolute Gasteiger partial charge is 0.225 e. The zero-order valence-corrected chi connectivity index (χ0v) is 15.9. The number of hydrogen-bond donors (Lipinski definition) is 0. The molecule has 132 valence electrons. The number of likely N-dealkylation sites (N-methyl/N-ethyl adjacent to an activating group) is 1. The van der Waals surface area contributed by atoms with Crippen molar-refractivity contribution in [2.24, 2.45) is 17.8 Å². The minimum Gasteiger partial charge on any atom is -0.341 e. The molecule has 2 aliphatic carbocycles. The molecule has 2 heterocycles. The van der Waals surface area contributed by atoms with Gasteiger partial charge in [-0.15, -0.1) is 11.3 Å². The lowest BCUT2D eigenvalue weighted by Gasteiger charge is -2.29. The number of thiophene rings is 1. The van der Waals surface area contributed by atoms with Crippen LogP contribution in [-0.4, -0.2) is 41.9 Å². The second-order valence-corrected chi connectivity index (χ2v) is 9.42. The number of carbonyl (C=O) groups excluding carboxylic acids is 1. The van der Waals surface area contributed by atoms with Gasteiger partial charge in [-0.25, -0.2) is 0 Å². The van der Waals surface area contributed by atoms with Crippen LogP contribution >= 0.6 is 11.3 Å². The SMILES string of the molecule is Cc1cc(CN2CCC(N(C)C(=O)C3CC[C@@H]4C[C@@H]4CC3)C2)cs1. The number of likely N-dealkylation sites (tertiary alicyclic amines) is 1. The van der Waals surface area contributed by atoms with Crippen LogP contribution in [0.1, 0.15) is 49.0 Å². The molecule has 3 fully saturated rings. The first-order valence-electron chi connectivity index (χ1n) is 9.63. The summed E-state index contributed by atoms with van der Waals surface area (Å²) in [6.45, 7) is 5.36. The lowest BCUT2D eigenvalue weighted by atomic mass is 9.96. The maximum absolute atomic E-state index is 12.9. The van der Waals surface area contributed by atoms with E-state index in [4.69, 9.17) is 0 Å². The highest BCUT2D eigenvalue weighted by Crippen LogP contribution is 2.49. The van der Waals surface area contributed by atoms with E-state index in [-0.39, 0.29) is 0 Å². The van der Waals surface area contributed by atoms with Crippen LogP contribution in [-0.2, 0) is 11.3 Å². The molecule has 4 atom stereocenters. The van der Waals surface area contributed by atoms with Crippen LogP contribution in [0.4, 0.5) is 0 Å². The molecule has 2 saturated carbocycles. The van der Waals surface area contributed by atoms with Gasteiger partial charge in [0.2, 0.25) is 5.91 Å². The summed E-state index contributed by atoms with van der Waals surface area (Å²) < 4.78 is 0. The van der Waals surface area contributed by atoms with Crippen LogP contribution in [0, 0.1) is 24.7 Å². The molecule has 0 N–H and O–H groups in total. The third-order valence-corrected chi connectivity index (χ3v) is 7.43. The fraction of sp³-hybridized carbons (Fsp3) is 0.750. The van der Waals surface area contributed by atoms with E-state index in [1.165, 1.54) is 29.7 Å². The van der Waals surface area contributed by atoms with Crippen molar-refractivity contribution in [2.45, 2.75) is 58.0 Å². The van der Waals surface area contributed by atoms with Gasteiger partial charge >= 0.3 is 0 Å². The van der Waals surface area contributed by atoms with E-state index >= 15 is 0 Å². The topological polar surface area (TPSA) is 23.6 Å². The van der Waals surface area contributed by atoms with Gasteiger partial charge in [-0.2, -0.15) is 0 Å². The van der Waals surface area contributed by atoms with Crippen LogP contribution in [0.3, 0.4) is 0 Å². The van der Waals surface area contributed by atoms with Crippen molar-refractivity contribution in [3.8, 4) is 0 Å². The maximum Gasteiger partial charge on any atom is 0.225 e.